The van der Waals surface area contributed by atoms with Gasteiger partial charge in [0.15, 0.2) is 0 Å². The van der Waals surface area contributed by atoms with Gasteiger partial charge in [-0.15, -0.1) is 0 Å². The first kappa shape index (κ1) is 16.0. The van der Waals surface area contributed by atoms with Crippen LogP contribution in [0.25, 0.3) is 0 Å². The van der Waals surface area contributed by atoms with Crippen molar-refractivity contribution in [2.45, 2.75) is 78.2 Å². The minimum Gasteiger partial charge on any atom is -0.376 e. The van der Waals surface area contributed by atoms with Crippen LogP contribution in [0.2, 0.25) is 0 Å². The van der Waals surface area contributed by atoms with Crippen molar-refractivity contribution in [2.75, 3.05) is 19.7 Å². The van der Waals surface area contributed by atoms with Crippen LogP contribution in [0.5, 0.6) is 0 Å². The minimum absolute atomic E-state index is 0.446. The van der Waals surface area contributed by atoms with Crippen molar-refractivity contribution in [3.05, 3.63) is 0 Å². The van der Waals surface area contributed by atoms with E-state index < -0.39 is 0 Å². The predicted octanol–water partition coefficient (Wildman–Crippen LogP) is 4.14. The Kier molecular flexibility index (Phi) is 7.92. The Morgan fingerprint density at radius 2 is 1.94 bits per heavy atom. The normalized spacial score (nSPS) is 23.8. The SMILES string of the molecule is CCCCCCC(C)(CCC)CC1CNCCO1. The Morgan fingerprint density at radius 1 is 1.11 bits per heavy atom. The molecule has 1 N–H and O–H groups in total. The Balaban J connectivity index is 2.34. The standard InChI is InChI=1S/C16H33NO/c1-4-6-7-8-10-16(3,9-5-2)13-15-14-17-11-12-18-15/h15,17H,4-14H2,1-3H3. The predicted molar refractivity (Wildman–Crippen MR) is 79.0 cm³/mol. The van der Waals surface area contributed by atoms with Crippen LogP contribution in [-0.2, 0) is 4.74 Å². The van der Waals surface area contributed by atoms with Crippen LogP contribution < -0.4 is 5.32 Å². The fourth-order valence-electron chi connectivity index (χ4n) is 3.21. The second-order valence-electron chi connectivity index (χ2n) is 6.27. The number of ether oxygens (including phenoxy) is 1. The third-order valence-corrected chi connectivity index (χ3v) is 4.21. The van der Waals surface area contributed by atoms with E-state index in [0.717, 1.165) is 19.7 Å². The lowest BCUT2D eigenvalue weighted by Crippen LogP contribution is -2.41. The summed E-state index contributed by atoms with van der Waals surface area (Å²) in [5, 5.41) is 3.45. The molecule has 0 aromatic carbocycles. The fourth-order valence-corrected chi connectivity index (χ4v) is 3.21. The van der Waals surface area contributed by atoms with Crippen molar-refractivity contribution in [2.24, 2.45) is 5.41 Å². The summed E-state index contributed by atoms with van der Waals surface area (Å²) in [5.74, 6) is 0. The number of hydrogen-bond acceptors (Lipinski definition) is 2. The Morgan fingerprint density at radius 3 is 2.56 bits per heavy atom. The van der Waals surface area contributed by atoms with Gasteiger partial charge < -0.3 is 10.1 Å². The highest BCUT2D eigenvalue weighted by Gasteiger charge is 2.28. The molecule has 0 radical (unpaired) electrons. The number of rotatable bonds is 9. The molecule has 2 unspecified atom stereocenters. The first-order valence-corrected chi connectivity index (χ1v) is 8.02. The van der Waals surface area contributed by atoms with Crippen LogP contribution in [0.15, 0.2) is 0 Å². The van der Waals surface area contributed by atoms with Crippen LogP contribution in [0.1, 0.15) is 72.1 Å². The zero-order chi connectivity index (χ0) is 13.3. The molecule has 1 heterocycles. The molecule has 108 valence electrons. The molecule has 0 saturated carbocycles. The van der Waals surface area contributed by atoms with Gasteiger partial charge in [-0.1, -0.05) is 52.9 Å². The van der Waals surface area contributed by atoms with Crippen molar-refractivity contribution in [3.63, 3.8) is 0 Å². The molecule has 2 heteroatoms. The molecule has 1 saturated heterocycles. The molecule has 2 atom stereocenters. The fraction of sp³-hybridized carbons (Fsp3) is 1.00. The van der Waals surface area contributed by atoms with Crippen molar-refractivity contribution in [3.8, 4) is 0 Å². The van der Waals surface area contributed by atoms with Crippen molar-refractivity contribution >= 4 is 0 Å². The number of nitrogens with one attached hydrogen (secondary N) is 1. The maximum atomic E-state index is 5.88. The Bertz CT molecular complexity index is 201. The zero-order valence-electron chi connectivity index (χ0n) is 12.8. The first-order chi connectivity index (χ1) is 8.70. The molecule has 2 nitrogen and oxygen atoms in total. The van der Waals surface area contributed by atoms with E-state index in [4.69, 9.17) is 4.74 Å². The number of morpholine rings is 1. The van der Waals surface area contributed by atoms with E-state index in [1.54, 1.807) is 0 Å². The zero-order valence-corrected chi connectivity index (χ0v) is 12.8. The van der Waals surface area contributed by atoms with E-state index in [1.807, 2.05) is 0 Å². The van der Waals surface area contributed by atoms with Gasteiger partial charge in [0, 0.05) is 13.1 Å². The number of hydrogen-bond donors (Lipinski definition) is 1. The summed E-state index contributed by atoms with van der Waals surface area (Å²) in [5.41, 5.74) is 0.492. The molecule has 0 amide bonds. The summed E-state index contributed by atoms with van der Waals surface area (Å²) >= 11 is 0. The van der Waals surface area contributed by atoms with Gasteiger partial charge in [-0.25, -0.2) is 0 Å². The molecule has 0 bridgehead atoms. The highest BCUT2D eigenvalue weighted by atomic mass is 16.5. The summed E-state index contributed by atoms with van der Waals surface area (Å²) in [6.45, 7) is 10.0. The van der Waals surface area contributed by atoms with E-state index in [1.165, 1.54) is 51.4 Å². The average Bonchev–Trinajstić information content (AvgIpc) is 2.36. The molecule has 0 aromatic rings. The van der Waals surface area contributed by atoms with Crippen LogP contribution >= 0.6 is 0 Å². The molecule has 18 heavy (non-hydrogen) atoms. The van der Waals surface area contributed by atoms with E-state index >= 15 is 0 Å². The summed E-state index contributed by atoms with van der Waals surface area (Å²) in [6, 6.07) is 0. The lowest BCUT2D eigenvalue weighted by Gasteiger charge is -2.35. The van der Waals surface area contributed by atoms with Crippen LogP contribution in [0.3, 0.4) is 0 Å². The monoisotopic (exact) mass is 255 g/mol. The topological polar surface area (TPSA) is 21.3 Å². The quantitative estimate of drug-likeness (QED) is 0.625. The molecular formula is C16H33NO. The molecule has 1 aliphatic heterocycles. The molecule has 1 aliphatic rings. The van der Waals surface area contributed by atoms with Crippen molar-refractivity contribution in [1.29, 1.82) is 0 Å². The second-order valence-corrected chi connectivity index (χ2v) is 6.27. The van der Waals surface area contributed by atoms with Gasteiger partial charge in [-0.3, -0.25) is 0 Å². The lowest BCUT2D eigenvalue weighted by molar-refractivity contribution is -0.00549. The maximum absolute atomic E-state index is 5.88. The highest BCUT2D eigenvalue weighted by molar-refractivity contribution is 4.80. The van der Waals surface area contributed by atoms with Gasteiger partial charge in [0.1, 0.15) is 0 Å². The van der Waals surface area contributed by atoms with Gasteiger partial charge in [0.25, 0.3) is 0 Å². The number of unbranched alkanes of at least 4 members (excludes halogenated alkanes) is 3. The van der Waals surface area contributed by atoms with E-state index in [0.29, 0.717) is 11.5 Å². The minimum atomic E-state index is 0.446. The van der Waals surface area contributed by atoms with Gasteiger partial charge >= 0.3 is 0 Å². The van der Waals surface area contributed by atoms with Gasteiger partial charge in [-0.2, -0.15) is 0 Å². The van der Waals surface area contributed by atoms with Gasteiger partial charge in [0.2, 0.25) is 0 Å². The van der Waals surface area contributed by atoms with Crippen LogP contribution in [0, 0.1) is 5.41 Å². The summed E-state index contributed by atoms with van der Waals surface area (Å²) < 4.78 is 5.88. The van der Waals surface area contributed by atoms with Crippen LogP contribution in [-0.4, -0.2) is 25.8 Å². The van der Waals surface area contributed by atoms with E-state index in [2.05, 4.69) is 26.1 Å². The van der Waals surface area contributed by atoms with E-state index in [9.17, 15) is 0 Å². The molecular weight excluding hydrogens is 222 g/mol. The largest absolute Gasteiger partial charge is 0.376 e. The molecule has 1 fully saturated rings. The smallest absolute Gasteiger partial charge is 0.0705 e. The highest BCUT2D eigenvalue weighted by Crippen LogP contribution is 2.36. The van der Waals surface area contributed by atoms with Crippen molar-refractivity contribution < 1.29 is 4.74 Å². The van der Waals surface area contributed by atoms with Crippen molar-refractivity contribution in [1.82, 2.24) is 5.32 Å². The van der Waals surface area contributed by atoms with Gasteiger partial charge in [-0.05, 0) is 24.7 Å². The Labute approximate surface area is 114 Å². The Hall–Kier alpha value is -0.0800. The van der Waals surface area contributed by atoms with Crippen LogP contribution in [0.4, 0.5) is 0 Å². The third-order valence-electron chi connectivity index (χ3n) is 4.21. The van der Waals surface area contributed by atoms with Gasteiger partial charge in [0.05, 0.1) is 12.7 Å². The van der Waals surface area contributed by atoms with E-state index in [-0.39, 0.29) is 0 Å². The molecule has 0 aliphatic carbocycles. The molecule has 0 spiro atoms. The second kappa shape index (κ2) is 8.92. The molecule has 0 aromatic heterocycles. The third kappa shape index (κ3) is 6.19. The average molecular weight is 255 g/mol. The first-order valence-electron chi connectivity index (χ1n) is 8.02. The summed E-state index contributed by atoms with van der Waals surface area (Å²) in [6.07, 6.45) is 11.2. The lowest BCUT2D eigenvalue weighted by atomic mass is 9.76. The summed E-state index contributed by atoms with van der Waals surface area (Å²) in [7, 11) is 0. The molecule has 1 rings (SSSR count). The maximum Gasteiger partial charge on any atom is 0.0705 e. The summed E-state index contributed by atoms with van der Waals surface area (Å²) in [4.78, 5) is 0.